The summed E-state index contributed by atoms with van der Waals surface area (Å²) in [6.45, 7) is 0. The zero-order valence-electron chi connectivity index (χ0n) is 11.5. The molecule has 0 spiro atoms. The van der Waals surface area contributed by atoms with E-state index in [1.807, 2.05) is 48.5 Å². The van der Waals surface area contributed by atoms with E-state index >= 15 is 0 Å². The largest absolute Gasteiger partial charge is 0.454 e. The Labute approximate surface area is 125 Å². The molecule has 0 atom stereocenters. The third kappa shape index (κ3) is 2.00. The molecule has 2 heterocycles. The number of rotatable bonds is 1. The van der Waals surface area contributed by atoms with E-state index in [0.717, 1.165) is 16.4 Å². The molecule has 0 fully saturated rings. The monoisotopic (exact) mass is 289 g/mol. The van der Waals surface area contributed by atoms with Crippen LogP contribution in [0, 0.1) is 0 Å². The standard InChI is InChI=1S/C17H11N3O2/c21-20-14-9-17(22-16-8-4-1-5-11(14)16)15-10-18-12-6-2-3-7-13(12)19-15/h1-10,21H/b20-14+. The van der Waals surface area contributed by atoms with Crippen molar-refractivity contribution in [2.75, 3.05) is 0 Å². The second-order valence-electron chi connectivity index (χ2n) is 4.84. The topological polar surface area (TPSA) is 71.5 Å². The van der Waals surface area contributed by atoms with Gasteiger partial charge < -0.3 is 9.62 Å². The van der Waals surface area contributed by atoms with Crippen molar-refractivity contribution >= 4 is 22.0 Å². The minimum atomic E-state index is 0.437. The number of aromatic nitrogens is 2. The van der Waals surface area contributed by atoms with E-state index in [9.17, 15) is 5.21 Å². The number of nitrogens with zero attached hydrogens (tertiary/aromatic N) is 3. The predicted octanol–water partition coefficient (Wildman–Crippen LogP) is 3.33. The molecular weight excluding hydrogens is 278 g/mol. The minimum Gasteiger partial charge on any atom is -0.454 e. The molecule has 2 aromatic heterocycles. The Morgan fingerprint density at radius 3 is 2.59 bits per heavy atom. The molecule has 0 aliphatic heterocycles. The van der Waals surface area contributed by atoms with Gasteiger partial charge in [0.15, 0.2) is 5.76 Å². The summed E-state index contributed by atoms with van der Waals surface area (Å²) in [5.41, 5.74) is 2.82. The SMILES string of the molecule is O/N=c1\cc(-c2cnc3ccccc3n2)oc2ccccc12. The van der Waals surface area contributed by atoms with Gasteiger partial charge in [-0.2, -0.15) is 0 Å². The van der Waals surface area contributed by atoms with Crippen molar-refractivity contribution in [2.45, 2.75) is 0 Å². The quantitative estimate of drug-likeness (QED) is 0.431. The van der Waals surface area contributed by atoms with Gasteiger partial charge in [0.1, 0.15) is 16.6 Å². The van der Waals surface area contributed by atoms with Crippen LogP contribution in [0.4, 0.5) is 0 Å². The summed E-state index contributed by atoms with van der Waals surface area (Å²) in [5.74, 6) is 0.504. The Morgan fingerprint density at radius 2 is 1.73 bits per heavy atom. The van der Waals surface area contributed by atoms with Crippen LogP contribution in [0.5, 0.6) is 0 Å². The van der Waals surface area contributed by atoms with Crippen molar-refractivity contribution in [1.29, 1.82) is 0 Å². The number of hydrogen-bond donors (Lipinski definition) is 1. The fourth-order valence-corrected chi connectivity index (χ4v) is 2.40. The average Bonchev–Trinajstić information content (AvgIpc) is 2.60. The summed E-state index contributed by atoms with van der Waals surface area (Å²) in [5, 5.41) is 13.7. The summed E-state index contributed by atoms with van der Waals surface area (Å²) in [6, 6.07) is 16.7. The van der Waals surface area contributed by atoms with Crippen molar-refractivity contribution in [3.63, 3.8) is 0 Å². The Hall–Kier alpha value is -3.21. The molecule has 0 aliphatic rings. The highest BCUT2D eigenvalue weighted by molar-refractivity contribution is 5.79. The summed E-state index contributed by atoms with van der Waals surface area (Å²) < 4.78 is 5.87. The van der Waals surface area contributed by atoms with Crippen LogP contribution in [0.25, 0.3) is 33.5 Å². The molecule has 0 radical (unpaired) electrons. The first-order chi connectivity index (χ1) is 10.8. The first kappa shape index (κ1) is 12.5. The van der Waals surface area contributed by atoms with E-state index in [4.69, 9.17) is 4.42 Å². The zero-order chi connectivity index (χ0) is 14.9. The predicted molar refractivity (Wildman–Crippen MR) is 82.1 cm³/mol. The summed E-state index contributed by atoms with van der Waals surface area (Å²) in [6.07, 6.45) is 1.65. The highest BCUT2D eigenvalue weighted by Gasteiger charge is 2.08. The van der Waals surface area contributed by atoms with Crippen LogP contribution < -0.4 is 5.36 Å². The Kier molecular flexibility index (Phi) is 2.83. The molecule has 0 bridgehead atoms. The van der Waals surface area contributed by atoms with Gasteiger partial charge in [-0.15, -0.1) is 0 Å². The average molecular weight is 289 g/mol. The number of para-hydroxylation sites is 3. The lowest BCUT2D eigenvalue weighted by Gasteiger charge is -2.04. The molecule has 0 unspecified atom stereocenters. The van der Waals surface area contributed by atoms with Crippen LogP contribution in [-0.4, -0.2) is 15.2 Å². The lowest BCUT2D eigenvalue weighted by atomic mass is 10.2. The molecule has 5 heteroatoms. The number of hydrogen-bond acceptors (Lipinski definition) is 5. The lowest BCUT2D eigenvalue weighted by Crippen LogP contribution is -2.03. The van der Waals surface area contributed by atoms with E-state index < -0.39 is 0 Å². The van der Waals surface area contributed by atoms with E-state index in [2.05, 4.69) is 15.1 Å². The fraction of sp³-hybridized carbons (Fsp3) is 0. The Morgan fingerprint density at radius 1 is 0.955 bits per heavy atom. The molecule has 0 aliphatic carbocycles. The molecular formula is C17H11N3O2. The second-order valence-corrected chi connectivity index (χ2v) is 4.84. The van der Waals surface area contributed by atoms with Crippen molar-refractivity contribution in [3.05, 3.63) is 66.2 Å². The minimum absolute atomic E-state index is 0.437. The summed E-state index contributed by atoms with van der Waals surface area (Å²) >= 11 is 0. The first-order valence-electron chi connectivity index (χ1n) is 6.78. The maximum absolute atomic E-state index is 9.23. The van der Waals surface area contributed by atoms with Gasteiger partial charge in [0.25, 0.3) is 0 Å². The molecule has 106 valence electrons. The fourth-order valence-electron chi connectivity index (χ4n) is 2.40. The molecule has 2 aromatic carbocycles. The Bertz CT molecular complexity index is 1050. The third-order valence-electron chi connectivity index (χ3n) is 3.46. The normalized spacial score (nSPS) is 12.1. The van der Waals surface area contributed by atoms with Crippen molar-refractivity contribution in [3.8, 4) is 11.5 Å². The molecule has 0 saturated heterocycles. The van der Waals surface area contributed by atoms with Gasteiger partial charge in [0, 0.05) is 11.5 Å². The van der Waals surface area contributed by atoms with Crippen LogP contribution in [0.3, 0.4) is 0 Å². The van der Waals surface area contributed by atoms with Crippen molar-refractivity contribution < 1.29 is 9.62 Å². The van der Waals surface area contributed by atoms with E-state index in [-0.39, 0.29) is 0 Å². The Balaban J connectivity index is 1.99. The summed E-state index contributed by atoms with van der Waals surface area (Å²) in [7, 11) is 0. The lowest BCUT2D eigenvalue weighted by molar-refractivity contribution is 0.302. The van der Waals surface area contributed by atoms with Gasteiger partial charge in [-0.25, -0.2) is 4.98 Å². The molecule has 1 N–H and O–H groups in total. The van der Waals surface area contributed by atoms with E-state index in [0.29, 0.717) is 22.4 Å². The summed E-state index contributed by atoms with van der Waals surface area (Å²) in [4.78, 5) is 8.93. The maximum atomic E-state index is 9.23. The smallest absolute Gasteiger partial charge is 0.156 e. The van der Waals surface area contributed by atoms with Gasteiger partial charge in [0.05, 0.1) is 17.2 Å². The third-order valence-corrected chi connectivity index (χ3v) is 3.46. The van der Waals surface area contributed by atoms with Crippen molar-refractivity contribution in [2.24, 2.45) is 5.16 Å². The van der Waals surface area contributed by atoms with Gasteiger partial charge in [0.2, 0.25) is 0 Å². The van der Waals surface area contributed by atoms with Crippen molar-refractivity contribution in [1.82, 2.24) is 9.97 Å². The molecule has 4 rings (SSSR count). The van der Waals surface area contributed by atoms with Crippen LogP contribution >= 0.6 is 0 Å². The maximum Gasteiger partial charge on any atom is 0.156 e. The molecule has 4 aromatic rings. The van der Waals surface area contributed by atoms with E-state index in [1.165, 1.54) is 0 Å². The highest BCUT2D eigenvalue weighted by atomic mass is 16.4. The molecule has 22 heavy (non-hydrogen) atoms. The van der Waals surface area contributed by atoms with Gasteiger partial charge in [-0.1, -0.05) is 29.4 Å². The highest BCUT2D eigenvalue weighted by Crippen LogP contribution is 2.21. The first-order valence-corrected chi connectivity index (χ1v) is 6.78. The van der Waals surface area contributed by atoms with Gasteiger partial charge in [-0.05, 0) is 24.3 Å². The van der Waals surface area contributed by atoms with Crippen LogP contribution in [-0.2, 0) is 0 Å². The van der Waals surface area contributed by atoms with Crippen LogP contribution in [0.15, 0.2) is 70.4 Å². The zero-order valence-corrected chi connectivity index (χ0v) is 11.5. The van der Waals surface area contributed by atoms with Crippen LogP contribution in [0.1, 0.15) is 0 Å². The van der Waals surface area contributed by atoms with E-state index in [1.54, 1.807) is 12.3 Å². The molecule has 5 nitrogen and oxygen atoms in total. The van der Waals surface area contributed by atoms with Crippen LogP contribution in [0.2, 0.25) is 0 Å². The van der Waals surface area contributed by atoms with Gasteiger partial charge in [-0.3, -0.25) is 4.98 Å². The second kappa shape index (κ2) is 4.96. The molecule has 0 saturated carbocycles. The van der Waals surface area contributed by atoms with Gasteiger partial charge >= 0.3 is 0 Å². The number of fused-ring (bicyclic) bond motifs is 2. The molecule has 0 amide bonds. The number of benzene rings is 2.